The van der Waals surface area contributed by atoms with Crippen molar-refractivity contribution in [3.8, 4) is 0 Å². The molecule has 2 rings (SSSR count). The maximum atomic E-state index is 11.5. The summed E-state index contributed by atoms with van der Waals surface area (Å²) in [5.74, 6) is 0.679. The Labute approximate surface area is 108 Å². The summed E-state index contributed by atoms with van der Waals surface area (Å²) in [7, 11) is 1.41. The van der Waals surface area contributed by atoms with Crippen molar-refractivity contribution in [1.82, 2.24) is 0 Å². The van der Waals surface area contributed by atoms with Gasteiger partial charge in [0, 0.05) is 30.5 Å². The van der Waals surface area contributed by atoms with E-state index in [2.05, 4.69) is 13.8 Å². The molecule has 0 aromatic carbocycles. The van der Waals surface area contributed by atoms with Gasteiger partial charge in [-0.05, 0) is 30.6 Å². The Hall–Kier alpha value is -0.610. The third-order valence-electron chi connectivity index (χ3n) is 6.05. The second-order valence-electron chi connectivity index (χ2n) is 6.39. The second-order valence-corrected chi connectivity index (χ2v) is 6.39. The highest BCUT2D eigenvalue weighted by Crippen LogP contribution is 2.69. The monoisotopic (exact) mass is 256 g/mol. The second kappa shape index (κ2) is 4.49. The number of aliphatic hydroxyl groups excluding tert-OH is 2. The van der Waals surface area contributed by atoms with Crippen LogP contribution < -0.4 is 0 Å². The fourth-order valence-electron chi connectivity index (χ4n) is 4.65. The highest BCUT2D eigenvalue weighted by atomic mass is 16.5. The number of carbonyl (C=O) groups excluding carboxylic acids is 1. The fourth-order valence-corrected chi connectivity index (χ4v) is 4.65. The van der Waals surface area contributed by atoms with Gasteiger partial charge in [-0.1, -0.05) is 13.8 Å². The van der Waals surface area contributed by atoms with Gasteiger partial charge in [-0.3, -0.25) is 4.79 Å². The molecule has 2 fully saturated rings. The molecule has 0 aromatic rings. The van der Waals surface area contributed by atoms with Crippen LogP contribution >= 0.6 is 0 Å². The molecule has 2 N–H and O–H groups in total. The van der Waals surface area contributed by atoms with E-state index in [1.54, 1.807) is 0 Å². The molecule has 18 heavy (non-hydrogen) atoms. The number of fused-ring (bicyclic) bond motifs is 2. The standard InChI is InChI=1S/C14H24O4/c1-13(7-15)10-4-5-11(14(13,2)8-16)9(10)6-12(17)18-3/h9-11,15-16H,4-8H2,1-3H3. The van der Waals surface area contributed by atoms with Crippen LogP contribution in [0.15, 0.2) is 0 Å². The molecule has 4 heteroatoms. The maximum Gasteiger partial charge on any atom is 0.305 e. The highest BCUT2D eigenvalue weighted by molar-refractivity contribution is 5.69. The van der Waals surface area contributed by atoms with Gasteiger partial charge in [-0.25, -0.2) is 0 Å². The van der Waals surface area contributed by atoms with Gasteiger partial charge in [0.2, 0.25) is 0 Å². The minimum atomic E-state index is -0.288. The number of carbonyl (C=O) groups is 1. The quantitative estimate of drug-likeness (QED) is 0.742. The number of aliphatic hydroxyl groups is 2. The van der Waals surface area contributed by atoms with Crippen molar-refractivity contribution in [3.05, 3.63) is 0 Å². The Balaban J connectivity index is 2.30. The molecule has 2 bridgehead atoms. The van der Waals surface area contributed by atoms with Gasteiger partial charge in [-0.2, -0.15) is 0 Å². The van der Waals surface area contributed by atoms with Crippen LogP contribution in [0.3, 0.4) is 0 Å². The number of rotatable bonds is 4. The molecule has 0 spiro atoms. The first-order chi connectivity index (χ1) is 8.44. The molecular formula is C14H24O4. The van der Waals surface area contributed by atoms with E-state index >= 15 is 0 Å². The van der Waals surface area contributed by atoms with Crippen molar-refractivity contribution in [2.24, 2.45) is 28.6 Å². The number of hydrogen-bond acceptors (Lipinski definition) is 4. The summed E-state index contributed by atoms with van der Waals surface area (Å²) in [6.07, 6.45) is 2.50. The SMILES string of the molecule is COC(=O)CC1C2CCC1C(C)(CO)C2(C)CO. The minimum absolute atomic E-state index is 0.0723. The van der Waals surface area contributed by atoms with Crippen LogP contribution in [-0.2, 0) is 9.53 Å². The lowest BCUT2D eigenvalue weighted by molar-refractivity contribution is -0.142. The fraction of sp³-hybridized carbons (Fsp3) is 0.929. The van der Waals surface area contributed by atoms with Crippen molar-refractivity contribution < 1.29 is 19.7 Å². The van der Waals surface area contributed by atoms with E-state index in [1.165, 1.54) is 7.11 Å². The first-order valence-electron chi connectivity index (χ1n) is 6.73. The normalized spacial score (nSPS) is 46.4. The number of esters is 1. The van der Waals surface area contributed by atoms with Crippen molar-refractivity contribution >= 4 is 5.97 Å². The summed E-state index contributed by atoms with van der Waals surface area (Å²) >= 11 is 0. The summed E-state index contributed by atoms with van der Waals surface area (Å²) in [5, 5.41) is 19.6. The van der Waals surface area contributed by atoms with Gasteiger partial charge in [0.1, 0.15) is 0 Å². The average molecular weight is 256 g/mol. The van der Waals surface area contributed by atoms with Gasteiger partial charge < -0.3 is 14.9 Å². The van der Waals surface area contributed by atoms with Crippen molar-refractivity contribution in [2.75, 3.05) is 20.3 Å². The van der Waals surface area contributed by atoms with Gasteiger partial charge in [0.05, 0.1) is 7.11 Å². The molecule has 0 heterocycles. The molecule has 0 saturated heterocycles. The number of ether oxygens (including phenoxy) is 1. The number of hydrogen-bond donors (Lipinski definition) is 2. The lowest BCUT2D eigenvalue weighted by Crippen LogP contribution is -2.47. The smallest absolute Gasteiger partial charge is 0.305 e. The van der Waals surface area contributed by atoms with Crippen molar-refractivity contribution in [3.63, 3.8) is 0 Å². The van der Waals surface area contributed by atoms with Crippen LogP contribution in [0, 0.1) is 28.6 Å². The van der Waals surface area contributed by atoms with E-state index in [0.29, 0.717) is 18.3 Å². The van der Waals surface area contributed by atoms with Crippen molar-refractivity contribution in [1.29, 1.82) is 0 Å². The van der Waals surface area contributed by atoms with Gasteiger partial charge in [0.15, 0.2) is 0 Å². The maximum absolute atomic E-state index is 11.5. The van der Waals surface area contributed by atoms with E-state index < -0.39 is 0 Å². The molecule has 2 aliphatic carbocycles. The molecule has 104 valence electrons. The van der Waals surface area contributed by atoms with Crippen LogP contribution in [0.5, 0.6) is 0 Å². The lowest BCUT2D eigenvalue weighted by atomic mass is 9.58. The molecule has 0 amide bonds. The van der Waals surface area contributed by atoms with Crippen LogP contribution in [0.1, 0.15) is 33.1 Å². The summed E-state index contributed by atoms with van der Waals surface area (Å²) in [6, 6.07) is 0. The molecule has 0 aromatic heterocycles. The predicted molar refractivity (Wildman–Crippen MR) is 66.7 cm³/mol. The Bertz CT molecular complexity index is 319. The predicted octanol–water partition coefficient (Wildman–Crippen LogP) is 1.20. The Morgan fingerprint density at radius 3 is 1.94 bits per heavy atom. The molecule has 0 aliphatic heterocycles. The number of methoxy groups -OCH3 is 1. The lowest BCUT2D eigenvalue weighted by Gasteiger charge is -2.47. The van der Waals surface area contributed by atoms with E-state index in [1.807, 2.05) is 0 Å². The van der Waals surface area contributed by atoms with Crippen molar-refractivity contribution in [2.45, 2.75) is 33.1 Å². The molecule has 4 unspecified atom stereocenters. The minimum Gasteiger partial charge on any atom is -0.469 e. The van der Waals surface area contributed by atoms with Crippen LogP contribution in [0.2, 0.25) is 0 Å². The molecular weight excluding hydrogens is 232 g/mol. The van der Waals surface area contributed by atoms with E-state index in [-0.39, 0.29) is 35.9 Å². The molecule has 2 saturated carbocycles. The zero-order valence-electron chi connectivity index (χ0n) is 11.5. The summed E-state index contributed by atoms with van der Waals surface area (Å²) in [4.78, 5) is 11.5. The zero-order valence-corrected chi connectivity index (χ0v) is 11.5. The summed E-state index contributed by atoms with van der Waals surface area (Å²) in [5.41, 5.74) is -0.577. The third-order valence-corrected chi connectivity index (χ3v) is 6.05. The largest absolute Gasteiger partial charge is 0.469 e. The van der Waals surface area contributed by atoms with Crippen LogP contribution in [0.4, 0.5) is 0 Å². The topological polar surface area (TPSA) is 66.8 Å². The molecule has 4 nitrogen and oxygen atoms in total. The van der Waals surface area contributed by atoms with E-state index in [0.717, 1.165) is 12.8 Å². The van der Waals surface area contributed by atoms with E-state index in [4.69, 9.17) is 4.74 Å². The Morgan fingerprint density at radius 1 is 1.17 bits per heavy atom. The molecule has 4 atom stereocenters. The first kappa shape index (κ1) is 13.8. The zero-order chi connectivity index (χ0) is 13.6. The van der Waals surface area contributed by atoms with Crippen LogP contribution in [0.25, 0.3) is 0 Å². The van der Waals surface area contributed by atoms with E-state index in [9.17, 15) is 15.0 Å². The third kappa shape index (κ3) is 1.55. The van der Waals surface area contributed by atoms with Gasteiger partial charge in [-0.15, -0.1) is 0 Å². The first-order valence-corrected chi connectivity index (χ1v) is 6.73. The highest BCUT2D eigenvalue weighted by Gasteiger charge is 2.66. The molecule has 2 aliphatic rings. The summed E-state index contributed by atoms with van der Waals surface area (Å²) in [6.45, 7) is 4.25. The Morgan fingerprint density at radius 2 is 1.61 bits per heavy atom. The van der Waals surface area contributed by atoms with Crippen LogP contribution in [-0.4, -0.2) is 36.5 Å². The van der Waals surface area contributed by atoms with Gasteiger partial charge in [0.25, 0.3) is 0 Å². The Kier molecular flexibility index (Phi) is 3.45. The summed E-state index contributed by atoms with van der Waals surface area (Å²) < 4.78 is 4.78. The molecule has 0 radical (unpaired) electrons. The van der Waals surface area contributed by atoms with Gasteiger partial charge >= 0.3 is 5.97 Å². The average Bonchev–Trinajstić information content (AvgIpc) is 2.86.